The highest BCUT2D eigenvalue weighted by Gasteiger charge is 2.59. The van der Waals surface area contributed by atoms with Crippen molar-refractivity contribution in [3.8, 4) is 0 Å². The van der Waals surface area contributed by atoms with Gasteiger partial charge in [0.25, 0.3) is 0 Å². The Balaban J connectivity index is 1.51. The monoisotopic (exact) mass is 408 g/mol. The first-order valence-corrected chi connectivity index (χ1v) is 11.4. The summed E-state index contributed by atoms with van der Waals surface area (Å²) < 4.78 is 10.7. The van der Waals surface area contributed by atoms with Gasteiger partial charge in [-0.2, -0.15) is 0 Å². The fraction of sp³-hybridized carbons (Fsp3) is 0.783. The van der Waals surface area contributed by atoms with Crippen LogP contribution in [0.5, 0.6) is 0 Å². The van der Waals surface area contributed by atoms with Gasteiger partial charge in [0.1, 0.15) is 12.7 Å². The summed E-state index contributed by atoms with van der Waals surface area (Å²) in [5.41, 5.74) is 1.78. The van der Waals surface area contributed by atoms with Crippen LogP contribution in [0.4, 0.5) is 4.79 Å². The summed E-state index contributed by atoms with van der Waals surface area (Å²) in [4.78, 5) is 12.0. The fourth-order valence-electron chi connectivity index (χ4n) is 6.92. The second-order valence-electron chi connectivity index (χ2n) is 9.62. The third kappa shape index (κ3) is 3.21. The molecule has 1 N–H and O–H groups in total. The van der Waals surface area contributed by atoms with E-state index >= 15 is 0 Å². The summed E-state index contributed by atoms with van der Waals surface area (Å²) in [5.74, 6) is 2.98. The van der Waals surface area contributed by atoms with Gasteiger partial charge in [0.05, 0.1) is 6.61 Å². The van der Waals surface area contributed by atoms with Gasteiger partial charge in [-0.05, 0) is 56.3 Å². The highest BCUT2D eigenvalue weighted by atomic mass is 35.5. The number of carbonyl (C=O) groups is 1. The molecule has 0 aromatic rings. The molecule has 7 atom stereocenters. The molecule has 0 spiro atoms. The molecule has 4 aliphatic rings. The van der Waals surface area contributed by atoms with E-state index in [4.69, 9.17) is 26.2 Å². The van der Waals surface area contributed by atoms with E-state index in [1.165, 1.54) is 12.8 Å². The Morgan fingerprint density at radius 3 is 2.82 bits per heavy atom. The molecule has 3 saturated carbocycles. The van der Waals surface area contributed by atoms with E-state index in [-0.39, 0.29) is 30.1 Å². The Morgan fingerprint density at radius 2 is 2.07 bits per heavy atom. The standard InChI is InChI=1S/C23H33ClO4/c1-22-9-7-15(14-24)13-16(22)3-4-17-18-5-6-20(28-21(26)27-12-11-25)23(18,2)10-8-19(17)22/h7,9,13,15,17-20,25H,3-6,8,10-12,14H2,1-2H3/t15?,17-,18-,19-,20+,22-,23-/m0/s1. The fourth-order valence-corrected chi connectivity index (χ4v) is 7.11. The lowest BCUT2D eigenvalue weighted by Gasteiger charge is -2.57. The van der Waals surface area contributed by atoms with Gasteiger partial charge in [0, 0.05) is 22.6 Å². The number of alkyl halides is 1. The molecule has 0 amide bonds. The van der Waals surface area contributed by atoms with E-state index in [0.717, 1.165) is 25.7 Å². The van der Waals surface area contributed by atoms with E-state index in [2.05, 4.69) is 32.1 Å². The molecule has 0 aliphatic heterocycles. The molecule has 1 unspecified atom stereocenters. The average molecular weight is 409 g/mol. The van der Waals surface area contributed by atoms with Gasteiger partial charge in [-0.3, -0.25) is 0 Å². The molecule has 0 saturated heterocycles. The van der Waals surface area contributed by atoms with Crippen LogP contribution in [-0.4, -0.2) is 36.5 Å². The molecular weight excluding hydrogens is 376 g/mol. The van der Waals surface area contributed by atoms with E-state index in [1.54, 1.807) is 5.57 Å². The average Bonchev–Trinajstić information content (AvgIpc) is 3.02. The second-order valence-corrected chi connectivity index (χ2v) is 9.93. The van der Waals surface area contributed by atoms with Gasteiger partial charge in [0.2, 0.25) is 0 Å². The van der Waals surface area contributed by atoms with Crippen molar-refractivity contribution in [1.29, 1.82) is 0 Å². The molecule has 0 heterocycles. The van der Waals surface area contributed by atoms with Crippen LogP contribution in [0.15, 0.2) is 23.8 Å². The Morgan fingerprint density at radius 1 is 1.25 bits per heavy atom. The smallest absolute Gasteiger partial charge is 0.432 e. The van der Waals surface area contributed by atoms with Crippen molar-refractivity contribution in [2.24, 2.45) is 34.5 Å². The number of hydrogen-bond acceptors (Lipinski definition) is 4. The topological polar surface area (TPSA) is 55.8 Å². The number of allylic oxidation sites excluding steroid dienone is 4. The van der Waals surface area contributed by atoms with Crippen LogP contribution in [0.25, 0.3) is 0 Å². The van der Waals surface area contributed by atoms with E-state index in [0.29, 0.717) is 29.6 Å². The predicted octanol–water partition coefficient (Wildman–Crippen LogP) is 5.09. The molecule has 4 nitrogen and oxygen atoms in total. The van der Waals surface area contributed by atoms with E-state index in [1.807, 2.05) is 0 Å². The maximum Gasteiger partial charge on any atom is 0.508 e. The van der Waals surface area contributed by atoms with Crippen LogP contribution in [0, 0.1) is 34.5 Å². The molecular formula is C23H33ClO4. The van der Waals surface area contributed by atoms with Crippen molar-refractivity contribution >= 4 is 17.8 Å². The lowest BCUT2D eigenvalue weighted by molar-refractivity contribution is -0.0795. The molecule has 0 radical (unpaired) electrons. The highest BCUT2D eigenvalue weighted by Crippen LogP contribution is 2.65. The number of carbonyl (C=O) groups excluding carboxylic acids is 1. The maximum absolute atomic E-state index is 12.0. The zero-order valence-electron chi connectivity index (χ0n) is 17.0. The number of aliphatic hydroxyl groups excluding tert-OH is 1. The number of hydrogen-bond donors (Lipinski definition) is 1. The van der Waals surface area contributed by atoms with Crippen LogP contribution in [0.1, 0.15) is 52.4 Å². The summed E-state index contributed by atoms with van der Waals surface area (Å²) >= 11 is 6.11. The van der Waals surface area contributed by atoms with Gasteiger partial charge in [0.15, 0.2) is 0 Å². The summed E-state index contributed by atoms with van der Waals surface area (Å²) in [6.07, 6.45) is 13.2. The first kappa shape index (κ1) is 20.3. The first-order chi connectivity index (χ1) is 13.4. The van der Waals surface area contributed by atoms with Crippen molar-refractivity contribution in [1.82, 2.24) is 0 Å². The van der Waals surface area contributed by atoms with Crippen molar-refractivity contribution in [2.75, 3.05) is 19.1 Å². The van der Waals surface area contributed by atoms with Crippen molar-refractivity contribution in [3.05, 3.63) is 23.8 Å². The number of fused-ring (bicyclic) bond motifs is 5. The maximum atomic E-state index is 12.0. The molecule has 3 fully saturated rings. The lowest BCUT2D eigenvalue weighted by atomic mass is 9.48. The summed E-state index contributed by atoms with van der Waals surface area (Å²) in [6, 6.07) is 0. The predicted molar refractivity (Wildman–Crippen MR) is 109 cm³/mol. The zero-order chi connectivity index (χ0) is 19.9. The molecule has 4 aliphatic carbocycles. The third-order valence-corrected chi connectivity index (χ3v) is 8.75. The molecule has 4 rings (SSSR count). The minimum absolute atomic E-state index is 0.000503. The molecule has 28 heavy (non-hydrogen) atoms. The molecule has 0 aromatic heterocycles. The Hall–Kier alpha value is -1.00. The third-order valence-electron chi connectivity index (χ3n) is 8.39. The summed E-state index contributed by atoms with van der Waals surface area (Å²) in [6.45, 7) is 4.57. The minimum atomic E-state index is -0.633. The Labute approximate surface area is 173 Å². The van der Waals surface area contributed by atoms with Gasteiger partial charge in [-0.15, -0.1) is 11.6 Å². The number of aliphatic hydroxyl groups is 1. The highest BCUT2D eigenvalue weighted by molar-refractivity contribution is 6.18. The van der Waals surface area contributed by atoms with Gasteiger partial charge >= 0.3 is 6.16 Å². The molecule has 0 aromatic carbocycles. The summed E-state index contributed by atoms with van der Waals surface area (Å²) in [7, 11) is 0. The van der Waals surface area contributed by atoms with Gasteiger partial charge in [-0.25, -0.2) is 4.79 Å². The number of halogens is 1. The molecule has 0 bridgehead atoms. The van der Waals surface area contributed by atoms with Crippen molar-refractivity contribution < 1.29 is 19.4 Å². The largest absolute Gasteiger partial charge is 0.508 e. The molecule has 5 heteroatoms. The normalized spacial score (nSPS) is 44.1. The van der Waals surface area contributed by atoms with Crippen LogP contribution in [0.2, 0.25) is 0 Å². The quantitative estimate of drug-likeness (QED) is 0.399. The van der Waals surface area contributed by atoms with Crippen LogP contribution in [0.3, 0.4) is 0 Å². The van der Waals surface area contributed by atoms with Crippen LogP contribution < -0.4 is 0 Å². The SMILES string of the molecule is C[C@]12CC[C@H]3[C@@H](CCC4=CC(CCl)C=C[C@@]43C)[C@@H]1CC[C@H]2OC(=O)OCCO. The molecule has 156 valence electrons. The lowest BCUT2D eigenvalue weighted by Crippen LogP contribution is -2.51. The minimum Gasteiger partial charge on any atom is -0.432 e. The van der Waals surface area contributed by atoms with E-state index < -0.39 is 6.16 Å². The zero-order valence-corrected chi connectivity index (χ0v) is 17.8. The van der Waals surface area contributed by atoms with Crippen LogP contribution >= 0.6 is 11.6 Å². The Bertz CT molecular complexity index is 674. The van der Waals surface area contributed by atoms with Gasteiger partial charge < -0.3 is 14.6 Å². The number of ether oxygens (including phenoxy) is 2. The first-order valence-electron chi connectivity index (χ1n) is 10.8. The van der Waals surface area contributed by atoms with Crippen LogP contribution in [-0.2, 0) is 9.47 Å². The van der Waals surface area contributed by atoms with E-state index in [9.17, 15) is 4.79 Å². The Kier molecular flexibility index (Phi) is 5.56. The van der Waals surface area contributed by atoms with Crippen molar-refractivity contribution in [2.45, 2.75) is 58.5 Å². The van der Waals surface area contributed by atoms with Gasteiger partial charge in [-0.1, -0.05) is 37.6 Å². The van der Waals surface area contributed by atoms with Crippen molar-refractivity contribution in [3.63, 3.8) is 0 Å². The second kappa shape index (κ2) is 7.68. The number of rotatable bonds is 4. The summed E-state index contributed by atoms with van der Waals surface area (Å²) in [5, 5.41) is 8.84.